The van der Waals surface area contributed by atoms with Crippen LogP contribution in [0.25, 0.3) is 53.2 Å². The van der Waals surface area contributed by atoms with Gasteiger partial charge in [-0.1, -0.05) is 39.9 Å². The summed E-state index contributed by atoms with van der Waals surface area (Å²) in [4.78, 5) is 105. The summed E-state index contributed by atoms with van der Waals surface area (Å²) in [5, 5.41) is 11.2. The number of rotatable bonds is 23. The van der Waals surface area contributed by atoms with Crippen LogP contribution in [-0.4, -0.2) is 156 Å². The number of nitrogens with zero attached hydrogens (tertiary/aromatic N) is 17. The molecular formula is C67H79F2N19O11S3. The molecule has 0 radical (unpaired) electrons. The Morgan fingerprint density at radius 1 is 0.569 bits per heavy atom. The number of nitrogens with one attached hydrogen (secondary N) is 2. The van der Waals surface area contributed by atoms with Crippen molar-refractivity contribution < 1.29 is 59.5 Å². The van der Waals surface area contributed by atoms with Crippen molar-refractivity contribution in [3.05, 3.63) is 152 Å². The SMILES string of the molecule is CC(C)(C)OC(=O)N(CCc1nc2c(NCc3ncccc3F)ncnc2s1)CCc1nc2cc(CN=[N+]=[N-])ccc2n1C(=O)OC(C)(C)C.CC(C)(C)OC(=O)N(CCc1nc2c(NCc3ncccc3F)ncnc2s1)CCc1nc2cc(COS(C)(=O)=O)ccc2n1C(=O)OC(C)(C)C. The van der Waals surface area contributed by atoms with Gasteiger partial charge >= 0.3 is 24.4 Å². The molecule has 0 fully saturated rings. The molecule has 540 valence electrons. The predicted molar refractivity (Wildman–Crippen MR) is 379 cm³/mol. The van der Waals surface area contributed by atoms with Gasteiger partial charge in [0.05, 0.1) is 76.0 Å². The Morgan fingerprint density at radius 3 is 1.38 bits per heavy atom. The summed E-state index contributed by atoms with van der Waals surface area (Å²) in [6, 6.07) is 15.9. The van der Waals surface area contributed by atoms with E-state index in [-0.39, 0.29) is 76.6 Å². The number of hydrogen-bond acceptors (Lipinski definition) is 26. The zero-order valence-corrected chi connectivity index (χ0v) is 61.1. The van der Waals surface area contributed by atoms with Crippen LogP contribution in [0.1, 0.15) is 127 Å². The molecule has 102 heavy (non-hydrogen) atoms. The fourth-order valence-electron chi connectivity index (χ4n) is 9.86. The zero-order valence-electron chi connectivity index (χ0n) is 58.6. The molecule has 0 spiro atoms. The molecule has 30 nitrogen and oxygen atoms in total. The molecule has 0 atom stereocenters. The average molecular weight is 1460 g/mol. The Morgan fingerprint density at radius 2 is 0.980 bits per heavy atom. The van der Waals surface area contributed by atoms with Crippen LogP contribution < -0.4 is 10.6 Å². The normalized spacial score (nSPS) is 12.0. The summed E-state index contributed by atoms with van der Waals surface area (Å²) in [5.74, 6) is 0.715. The Kier molecular flexibility index (Phi) is 24.0. The van der Waals surface area contributed by atoms with Crippen molar-refractivity contribution in [3.63, 3.8) is 0 Å². The molecule has 0 aliphatic carbocycles. The van der Waals surface area contributed by atoms with Gasteiger partial charge < -0.3 is 39.4 Å². The zero-order chi connectivity index (χ0) is 73.9. The third-order valence-corrected chi connectivity index (χ3v) is 16.8. The van der Waals surface area contributed by atoms with Crippen molar-refractivity contribution in [2.24, 2.45) is 5.11 Å². The Labute approximate surface area is 594 Å². The molecule has 0 saturated heterocycles. The van der Waals surface area contributed by atoms with Gasteiger partial charge in [0.15, 0.2) is 11.6 Å². The molecule has 10 rings (SSSR count). The van der Waals surface area contributed by atoms with Crippen LogP contribution in [0.2, 0.25) is 0 Å². The molecule has 0 saturated carbocycles. The number of halogens is 2. The van der Waals surface area contributed by atoms with Gasteiger partial charge in [-0.2, -0.15) is 8.42 Å². The first kappa shape index (κ1) is 76.0. The van der Waals surface area contributed by atoms with E-state index in [0.717, 1.165) is 11.8 Å². The topological polar surface area (TPSA) is 367 Å². The number of hydrogen-bond donors (Lipinski definition) is 2. The fourth-order valence-corrected chi connectivity index (χ4v) is 12.0. The fraction of sp³-hybridized carbons (Fsp3) is 0.433. The molecule has 0 bridgehead atoms. The number of carbonyl (C=O) groups excluding carboxylic acids is 4. The minimum Gasteiger partial charge on any atom is -0.444 e. The second kappa shape index (κ2) is 32.2. The number of benzene rings is 2. The molecule has 2 N–H and O–H groups in total. The Balaban J connectivity index is 0.000000237. The van der Waals surface area contributed by atoms with E-state index in [1.807, 2.05) is 0 Å². The van der Waals surface area contributed by atoms with E-state index in [4.69, 9.17) is 48.6 Å². The van der Waals surface area contributed by atoms with Crippen molar-refractivity contribution in [1.82, 2.24) is 68.8 Å². The maximum absolute atomic E-state index is 14.1. The second-order valence-corrected chi connectivity index (χ2v) is 30.9. The number of carbonyl (C=O) groups is 4. The summed E-state index contributed by atoms with van der Waals surface area (Å²) in [6.45, 7) is 22.1. The number of ether oxygens (including phenoxy) is 4. The minimum absolute atomic E-state index is 0.0991. The van der Waals surface area contributed by atoms with Crippen LogP contribution in [0.15, 0.2) is 90.8 Å². The second-order valence-electron chi connectivity index (χ2n) is 27.2. The van der Waals surface area contributed by atoms with Crippen LogP contribution in [0.3, 0.4) is 0 Å². The minimum atomic E-state index is -3.68. The van der Waals surface area contributed by atoms with E-state index in [0.29, 0.717) is 94.5 Å². The smallest absolute Gasteiger partial charge is 0.420 e. The lowest BCUT2D eigenvalue weighted by Gasteiger charge is -2.27. The largest absolute Gasteiger partial charge is 0.444 e. The molecule has 0 unspecified atom stereocenters. The van der Waals surface area contributed by atoms with E-state index in [9.17, 15) is 36.4 Å². The number of azide groups is 1. The van der Waals surface area contributed by atoms with Crippen molar-refractivity contribution >= 4 is 112 Å². The molecule has 2 amide bonds. The van der Waals surface area contributed by atoms with E-state index in [2.05, 4.69) is 50.6 Å². The molecule has 10 aromatic rings. The number of imidazole rings is 2. The van der Waals surface area contributed by atoms with E-state index in [1.165, 1.54) is 86.0 Å². The number of aromatic nitrogens is 12. The highest BCUT2D eigenvalue weighted by molar-refractivity contribution is 7.85. The van der Waals surface area contributed by atoms with Crippen LogP contribution in [0.5, 0.6) is 0 Å². The number of anilines is 2. The van der Waals surface area contributed by atoms with Crippen molar-refractivity contribution in [2.75, 3.05) is 43.1 Å². The van der Waals surface area contributed by atoms with E-state index >= 15 is 0 Å². The number of pyridine rings is 2. The predicted octanol–water partition coefficient (Wildman–Crippen LogP) is 13.1. The summed E-state index contributed by atoms with van der Waals surface area (Å²) < 4.78 is 82.0. The highest BCUT2D eigenvalue weighted by Crippen LogP contribution is 2.30. The lowest BCUT2D eigenvalue weighted by Crippen LogP contribution is -2.39. The molecule has 0 aliphatic heterocycles. The van der Waals surface area contributed by atoms with Crippen LogP contribution in [0, 0.1) is 11.6 Å². The third kappa shape index (κ3) is 21.4. The summed E-state index contributed by atoms with van der Waals surface area (Å²) in [6.07, 6.45) is 5.51. The average Bonchev–Trinajstić information content (AvgIpc) is 1.64. The Hall–Kier alpha value is -10.2. The van der Waals surface area contributed by atoms with Crippen LogP contribution >= 0.6 is 22.7 Å². The lowest BCUT2D eigenvalue weighted by molar-refractivity contribution is 0.0241. The van der Waals surface area contributed by atoms with E-state index in [1.54, 1.807) is 124 Å². The van der Waals surface area contributed by atoms with Gasteiger partial charge in [-0.15, -0.1) is 0 Å². The van der Waals surface area contributed by atoms with Gasteiger partial charge in [-0.25, -0.2) is 77.0 Å². The maximum atomic E-state index is 14.1. The Bertz CT molecular complexity index is 4860. The standard InChI is InChI=1S/C34H41FN8O7S2.C33H38FN11O4S/c1-33(2,3)49-31(44)42(16-13-27-41-28-29(38-20-39-30(28)51-27)37-18-24-22(35)9-8-14-36-24)15-12-26-40-23-17-21(19-48-52(7,46)47)10-11-25(23)43(26)32(45)50-34(4,5)6;1-32(2,3)48-30(46)44(15-12-26-42-27-28(38-19-39-29(27)50-26)37-18-23-21(34)8-7-13-36-23)14-11-25-41-22-16-20(17-40-43-35)9-10-24(22)45(25)31(47)49-33(4,5)6/h8-11,14,17,20H,12-13,15-16,18-19H2,1-7H3,(H,37,38,39);7-10,13,16,19H,11-12,14-15,17-18H2,1-6H3,(H,37,38,39). The molecule has 35 heteroatoms. The first-order valence-corrected chi connectivity index (χ1v) is 35.7. The maximum Gasteiger partial charge on any atom is 0.420 e. The van der Waals surface area contributed by atoms with Gasteiger partial charge in [-0.05, 0) is 148 Å². The first-order valence-electron chi connectivity index (χ1n) is 32.2. The third-order valence-electron chi connectivity index (χ3n) is 14.2. The molecule has 8 heterocycles. The van der Waals surface area contributed by atoms with Crippen LogP contribution in [-0.2, 0) is 85.2 Å². The monoisotopic (exact) mass is 1460 g/mol. The van der Waals surface area contributed by atoms with Gasteiger partial charge in [0.1, 0.15) is 79.0 Å². The number of amides is 2. The van der Waals surface area contributed by atoms with E-state index < -0.39 is 68.5 Å². The van der Waals surface area contributed by atoms with Gasteiger partial charge in [0.2, 0.25) is 0 Å². The number of fused-ring (bicyclic) bond motifs is 4. The highest BCUT2D eigenvalue weighted by Gasteiger charge is 2.30. The van der Waals surface area contributed by atoms with Crippen LogP contribution in [0.4, 0.5) is 39.6 Å². The molecular weight excluding hydrogens is 1380 g/mol. The first-order chi connectivity index (χ1) is 48.1. The quantitative estimate of drug-likeness (QED) is 0.0197. The highest BCUT2D eigenvalue weighted by atomic mass is 32.2. The molecule has 8 aromatic heterocycles. The molecule has 0 aliphatic rings. The van der Waals surface area contributed by atoms with Crippen molar-refractivity contribution in [2.45, 2.75) is 157 Å². The number of thiazole rings is 2. The van der Waals surface area contributed by atoms with Gasteiger partial charge in [-0.3, -0.25) is 14.2 Å². The summed E-state index contributed by atoms with van der Waals surface area (Å²) in [7, 11) is -3.68. The van der Waals surface area contributed by atoms with Crippen molar-refractivity contribution in [3.8, 4) is 0 Å². The van der Waals surface area contributed by atoms with Gasteiger partial charge in [0, 0.05) is 69.2 Å². The van der Waals surface area contributed by atoms with Gasteiger partial charge in [0.25, 0.3) is 10.1 Å². The molecule has 2 aromatic carbocycles. The van der Waals surface area contributed by atoms with Crippen molar-refractivity contribution in [1.29, 1.82) is 0 Å². The lowest BCUT2D eigenvalue weighted by atomic mass is 10.2. The summed E-state index contributed by atoms with van der Waals surface area (Å²) in [5.41, 5.74) is 10.4. The summed E-state index contributed by atoms with van der Waals surface area (Å²) >= 11 is 2.70.